The van der Waals surface area contributed by atoms with Gasteiger partial charge in [-0.1, -0.05) is 30.3 Å². The highest BCUT2D eigenvalue weighted by Crippen LogP contribution is 2.43. The summed E-state index contributed by atoms with van der Waals surface area (Å²) in [5.41, 5.74) is 6.12. The van der Waals surface area contributed by atoms with Gasteiger partial charge in [-0.3, -0.25) is 9.36 Å². The molecule has 0 radical (unpaired) electrons. The summed E-state index contributed by atoms with van der Waals surface area (Å²) in [5.74, 6) is -1.93. The van der Waals surface area contributed by atoms with E-state index in [1.165, 1.54) is 34.8 Å². The second-order valence-corrected chi connectivity index (χ2v) is 12.6. The number of esters is 1. The third kappa shape index (κ3) is 4.07. The maximum Gasteiger partial charge on any atom is 0.338 e. The second-order valence-electron chi connectivity index (χ2n) is 7.72. The molecule has 1 aromatic carbocycles. The van der Waals surface area contributed by atoms with E-state index in [2.05, 4.69) is 0 Å². The lowest BCUT2D eigenvalue weighted by Gasteiger charge is -2.27. The molecule has 1 aliphatic rings. The third-order valence-corrected chi connectivity index (χ3v) is 10.4. The summed E-state index contributed by atoms with van der Waals surface area (Å²) in [6, 6.07) is 15.1. The first-order valence-electron chi connectivity index (χ1n) is 10.9. The summed E-state index contributed by atoms with van der Waals surface area (Å²) < 4.78 is 35.1. The van der Waals surface area contributed by atoms with E-state index in [4.69, 9.17) is 10.5 Å². The number of carbonyl (C=O) groups is 1. The molecule has 4 heterocycles. The molecule has 4 aromatic rings. The quantitative estimate of drug-likeness (QED) is 0.366. The van der Waals surface area contributed by atoms with Gasteiger partial charge in [-0.25, -0.2) is 13.2 Å². The van der Waals surface area contributed by atoms with Crippen molar-refractivity contribution in [2.45, 2.75) is 17.7 Å². The van der Waals surface area contributed by atoms with Gasteiger partial charge in [0.15, 0.2) is 0 Å². The molecule has 0 bridgehead atoms. The van der Waals surface area contributed by atoms with E-state index in [0.29, 0.717) is 9.41 Å². The molecular weight excluding hydrogens is 537 g/mol. The first kappa shape index (κ1) is 24.4. The van der Waals surface area contributed by atoms with Crippen LogP contribution in [-0.4, -0.2) is 25.6 Å². The molecule has 7 nitrogen and oxygen atoms in total. The zero-order valence-electron chi connectivity index (χ0n) is 18.9. The summed E-state index contributed by atoms with van der Waals surface area (Å²) in [4.78, 5) is 28.2. The highest BCUT2D eigenvalue weighted by atomic mass is 32.2. The highest BCUT2D eigenvalue weighted by Gasteiger charge is 2.42. The van der Waals surface area contributed by atoms with Gasteiger partial charge >= 0.3 is 5.97 Å². The average molecular weight is 557 g/mol. The molecule has 0 unspecified atom stereocenters. The van der Waals surface area contributed by atoms with Gasteiger partial charge in [0.2, 0.25) is 9.84 Å². The van der Waals surface area contributed by atoms with Crippen molar-refractivity contribution < 1.29 is 17.9 Å². The Labute approximate surface area is 218 Å². The van der Waals surface area contributed by atoms with Crippen molar-refractivity contribution in [2.75, 3.05) is 6.61 Å². The van der Waals surface area contributed by atoms with Gasteiger partial charge in [0.1, 0.15) is 15.4 Å². The molecule has 0 aliphatic carbocycles. The average Bonchev–Trinajstić information content (AvgIpc) is 3.63. The van der Waals surface area contributed by atoms with Crippen LogP contribution in [0.3, 0.4) is 0 Å². The number of nitrogens with two attached hydrogens (primary N) is 1. The Bertz CT molecular complexity index is 1750. The van der Waals surface area contributed by atoms with Gasteiger partial charge in [0.05, 0.1) is 27.5 Å². The first-order chi connectivity index (χ1) is 17.3. The number of carbonyl (C=O) groups excluding carboxylic acids is 1. The molecule has 0 fully saturated rings. The zero-order valence-corrected chi connectivity index (χ0v) is 22.2. The number of sulfone groups is 1. The Morgan fingerprint density at radius 2 is 1.81 bits per heavy atom. The monoisotopic (exact) mass is 556 g/mol. The van der Waals surface area contributed by atoms with E-state index in [-0.39, 0.29) is 32.5 Å². The number of hydrogen-bond acceptors (Lipinski definition) is 9. The number of ether oxygens (including phenoxy) is 1. The molecule has 36 heavy (non-hydrogen) atoms. The fourth-order valence-electron chi connectivity index (χ4n) is 4.06. The minimum atomic E-state index is -4.20. The maximum atomic E-state index is 14.0. The number of thiophene rings is 2. The van der Waals surface area contributed by atoms with Gasteiger partial charge in [-0.2, -0.15) is 0 Å². The van der Waals surface area contributed by atoms with Gasteiger partial charge < -0.3 is 10.5 Å². The van der Waals surface area contributed by atoms with Crippen LogP contribution in [-0.2, 0) is 19.4 Å². The minimum Gasteiger partial charge on any atom is -0.463 e. The Kier molecular flexibility index (Phi) is 6.56. The zero-order chi connectivity index (χ0) is 25.4. The number of benzene rings is 1. The molecule has 3 aromatic heterocycles. The van der Waals surface area contributed by atoms with E-state index in [1.807, 2.05) is 17.5 Å². The predicted octanol–water partition coefficient (Wildman–Crippen LogP) is 2.93. The summed E-state index contributed by atoms with van der Waals surface area (Å²) in [5, 5.41) is 3.69. The van der Waals surface area contributed by atoms with E-state index >= 15 is 0 Å². The van der Waals surface area contributed by atoms with E-state index < -0.39 is 27.3 Å². The lowest BCUT2D eigenvalue weighted by atomic mass is 9.95. The number of rotatable bonds is 6. The van der Waals surface area contributed by atoms with Crippen LogP contribution in [0.15, 0.2) is 80.0 Å². The van der Waals surface area contributed by atoms with Crippen molar-refractivity contribution in [3.63, 3.8) is 0 Å². The van der Waals surface area contributed by atoms with Crippen LogP contribution in [0.25, 0.3) is 17.5 Å². The fraction of sp³-hybridized carbons (Fsp3) is 0.120. The first-order valence-corrected chi connectivity index (χ1v) is 14.9. The topological polar surface area (TPSA) is 108 Å². The number of fused-ring (bicyclic) bond motifs is 1. The molecule has 5 rings (SSSR count). The lowest BCUT2D eigenvalue weighted by Crippen LogP contribution is -2.41. The molecule has 0 amide bonds. The van der Waals surface area contributed by atoms with Crippen molar-refractivity contribution in [3.8, 4) is 0 Å². The van der Waals surface area contributed by atoms with Crippen molar-refractivity contribution >= 4 is 67.3 Å². The van der Waals surface area contributed by atoms with E-state index in [0.717, 1.165) is 20.8 Å². The van der Waals surface area contributed by atoms with Crippen LogP contribution in [0.2, 0.25) is 0 Å². The Balaban J connectivity index is 1.92. The fourth-order valence-corrected chi connectivity index (χ4v) is 8.55. The smallest absolute Gasteiger partial charge is 0.338 e. The molecule has 0 saturated heterocycles. The molecule has 2 N–H and O–H groups in total. The summed E-state index contributed by atoms with van der Waals surface area (Å²) in [6.45, 7) is 1.76. The highest BCUT2D eigenvalue weighted by molar-refractivity contribution is 7.95. The second kappa shape index (κ2) is 9.66. The van der Waals surface area contributed by atoms with Crippen LogP contribution < -0.4 is 20.5 Å². The summed E-state index contributed by atoms with van der Waals surface area (Å²) in [7, 11) is -4.20. The van der Waals surface area contributed by atoms with Crippen molar-refractivity contribution in [2.24, 2.45) is 5.73 Å². The minimum absolute atomic E-state index is 0.0183. The van der Waals surface area contributed by atoms with Crippen LogP contribution in [0, 0.1) is 0 Å². The molecule has 11 heteroatoms. The number of hydrogen-bond donors (Lipinski definition) is 1. The van der Waals surface area contributed by atoms with Crippen LogP contribution in [0.1, 0.15) is 22.6 Å². The predicted molar refractivity (Wildman–Crippen MR) is 144 cm³/mol. The molecular formula is C25H20N2O5S4. The van der Waals surface area contributed by atoms with Crippen molar-refractivity contribution in [3.05, 3.63) is 99.6 Å². The number of allylic oxidation sites excluding steroid dienone is 1. The SMILES string of the molecule is CCOC(=O)C1=c2sc(=Cc3cccs3)c(=O)n2C(N)=C(S(=O)(=O)c2ccccc2)[C@@H]1c1cccs1. The summed E-state index contributed by atoms with van der Waals surface area (Å²) >= 11 is 3.85. The van der Waals surface area contributed by atoms with Crippen LogP contribution in [0.5, 0.6) is 0 Å². The normalized spacial score (nSPS) is 16.3. The van der Waals surface area contributed by atoms with Gasteiger partial charge in [0.25, 0.3) is 5.56 Å². The molecule has 184 valence electrons. The third-order valence-electron chi connectivity index (χ3n) is 5.58. The molecule has 1 atom stereocenters. The molecule has 0 spiro atoms. The Morgan fingerprint density at radius 3 is 2.44 bits per heavy atom. The van der Waals surface area contributed by atoms with E-state index in [1.54, 1.807) is 48.7 Å². The summed E-state index contributed by atoms with van der Waals surface area (Å²) in [6.07, 6.45) is 1.71. The van der Waals surface area contributed by atoms with Crippen molar-refractivity contribution in [1.82, 2.24) is 4.57 Å². The van der Waals surface area contributed by atoms with E-state index in [9.17, 15) is 18.0 Å². The van der Waals surface area contributed by atoms with Gasteiger partial charge in [0, 0.05) is 9.75 Å². The van der Waals surface area contributed by atoms with Crippen LogP contribution in [0.4, 0.5) is 0 Å². The molecule has 1 aliphatic heterocycles. The van der Waals surface area contributed by atoms with Gasteiger partial charge in [-0.05, 0) is 48.0 Å². The Morgan fingerprint density at radius 1 is 1.08 bits per heavy atom. The number of aromatic nitrogens is 1. The molecule has 0 saturated carbocycles. The lowest BCUT2D eigenvalue weighted by molar-refractivity contribution is -0.136. The number of nitrogens with zero attached hydrogens (tertiary/aromatic N) is 1. The largest absolute Gasteiger partial charge is 0.463 e. The number of thiazole rings is 1. The Hall–Kier alpha value is -3.25. The van der Waals surface area contributed by atoms with Gasteiger partial charge in [-0.15, -0.1) is 34.0 Å². The standard InChI is InChI=1S/C25H20N2O5S4/c1-2-32-25(29)20-19(17-11-7-13-34-17)21(36(30,31)16-9-4-3-5-10-16)22(26)27-23(28)18(35-24(20)27)14-15-8-6-12-33-15/h3-14,19H,2,26H2,1H3/t19-/m1/s1. The van der Waals surface area contributed by atoms with Crippen molar-refractivity contribution in [1.29, 1.82) is 0 Å². The van der Waals surface area contributed by atoms with Crippen LogP contribution >= 0.6 is 34.0 Å². The maximum absolute atomic E-state index is 14.0.